The Bertz CT molecular complexity index is 420. The number of hydrogen-bond acceptors (Lipinski definition) is 1. The van der Waals surface area contributed by atoms with Gasteiger partial charge in [-0.15, -0.1) is 0 Å². The number of quaternary nitrogens is 1. The number of nitrogens with zero attached hydrogens (tertiary/aromatic N) is 1. The molecule has 0 aliphatic heterocycles. The summed E-state index contributed by atoms with van der Waals surface area (Å²) in [6, 6.07) is 10.9. The van der Waals surface area contributed by atoms with Crippen molar-refractivity contribution in [1.82, 2.24) is 6.15 Å². The maximum Gasteiger partial charge on any atom is 0.104 e. The van der Waals surface area contributed by atoms with Crippen LogP contribution in [0.5, 0.6) is 0 Å². The molecule has 0 fully saturated rings. The second-order valence-electron chi connectivity index (χ2n) is 8.90. The minimum atomic E-state index is 0. The molecule has 28 heavy (non-hydrogen) atoms. The van der Waals surface area contributed by atoms with E-state index in [0.29, 0.717) is 0 Å². The lowest BCUT2D eigenvalue weighted by molar-refractivity contribution is -0.903. The summed E-state index contributed by atoms with van der Waals surface area (Å²) < 4.78 is 1.11. The summed E-state index contributed by atoms with van der Waals surface area (Å²) in [5, 5.41) is 0. The summed E-state index contributed by atoms with van der Waals surface area (Å²) in [4.78, 5) is 0. The molecule has 1 aromatic carbocycles. The molecule has 0 heterocycles. The molecule has 0 aliphatic carbocycles. The Kier molecular flexibility index (Phi) is 20.9. The van der Waals surface area contributed by atoms with Crippen molar-refractivity contribution in [3.8, 4) is 0 Å². The van der Waals surface area contributed by atoms with Crippen molar-refractivity contribution in [2.75, 3.05) is 20.6 Å². The van der Waals surface area contributed by atoms with Gasteiger partial charge in [0.1, 0.15) is 6.54 Å². The van der Waals surface area contributed by atoms with Gasteiger partial charge in [-0.3, -0.25) is 0 Å². The molecule has 0 saturated carbocycles. The highest BCUT2D eigenvalue weighted by molar-refractivity contribution is 5.13. The monoisotopic (exact) mass is 412 g/mol. The van der Waals surface area contributed by atoms with Crippen LogP contribution in [0.2, 0.25) is 0 Å². The molecule has 1 rings (SSSR count). The third-order valence-electron chi connectivity index (χ3n) is 5.57. The molecular formula is C25H49ClN2. The van der Waals surface area contributed by atoms with Gasteiger partial charge >= 0.3 is 0 Å². The van der Waals surface area contributed by atoms with Crippen molar-refractivity contribution in [1.29, 1.82) is 0 Å². The van der Waals surface area contributed by atoms with Crippen LogP contribution in [0.1, 0.15) is 102 Å². The van der Waals surface area contributed by atoms with Gasteiger partial charge in [0.2, 0.25) is 0 Å². The molecule has 0 spiro atoms. The Morgan fingerprint density at radius 3 is 1.43 bits per heavy atom. The smallest absolute Gasteiger partial charge is 0.104 e. The minimum Gasteiger partial charge on any atom is -1.00 e. The lowest BCUT2D eigenvalue weighted by Gasteiger charge is -2.30. The number of rotatable bonds is 17. The van der Waals surface area contributed by atoms with Gasteiger partial charge < -0.3 is 23.0 Å². The SMILES string of the molecule is CCCCCCCCCCCCCCCC[N+](C)(C)Cc1ccccc1.N.[Cl-]. The van der Waals surface area contributed by atoms with Crippen LogP contribution < -0.4 is 18.6 Å². The Balaban J connectivity index is 0. The second kappa shape index (κ2) is 19.7. The lowest BCUT2D eigenvalue weighted by atomic mass is 10.0. The van der Waals surface area contributed by atoms with Gasteiger partial charge in [0.25, 0.3) is 0 Å². The molecule has 3 N–H and O–H groups in total. The molecule has 166 valence electrons. The van der Waals surface area contributed by atoms with Crippen LogP contribution in [0, 0.1) is 0 Å². The molecule has 2 nitrogen and oxygen atoms in total. The number of halogens is 1. The first-order valence-electron chi connectivity index (χ1n) is 11.5. The Morgan fingerprint density at radius 1 is 0.607 bits per heavy atom. The zero-order valence-corrected chi connectivity index (χ0v) is 20.0. The lowest BCUT2D eigenvalue weighted by Crippen LogP contribution is -3.00. The van der Waals surface area contributed by atoms with Gasteiger partial charge in [-0.25, -0.2) is 0 Å². The molecule has 3 heteroatoms. The summed E-state index contributed by atoms with van der Waals surface area (Å²) >= 11 is 0. The van der Waals surface area contributed by atoms with E-state index in [9.17, 15) is 0 Å². The van der Waals surface area contributed by atoms with E-state index in [2.05, 4.69) is 51.4 Å². The number of benzene rings is 1. The topological polar surface area (TPSA) is 35.0 Å². The van der Waals surface area contributed by atoms with Crippen LogP contribution in [0.3, 0.4) is 0 Å². The van der Waals surface area contributed by atoms with Crippen molar-refractivity contribution in [2.45, 2.75) is 103 Å². The van der Waals surface area contributed by atoms with E-state index >= 15 is 0 Å². The predicted octanol–water partition coefficient (Wildman–Crippen LogP) is 4.91. The maximum absolute atomic E-state index is 2.37. The minimum absolute atomic E-state index is 0. The van der Waals surface area contributed by atoms with Gasteiger partial charge in [0, 0.05) is 5.56 Å². The van der Waals surface area contributed by atoms with Gasteiger partial charge in [-0.1, -0.05) is 114 Å². The van der Waals surface area contributed by atoms with E-state index in [4.69, 9.17) is 0 Å². The first-order valence-corrected chi connectivity index (χ1v) is 11.5. The van der Waals surface area contributed by atoms with Crippen molar-refractivity contribution in [3.63, 3.8) is 0 Å². The first-order chi connectivity index (χ1) is 12.6. The van der Waals surface area contributed by atoms with Crippen LogP contribution in [-0.2, 0) is 6.54 Å². The normalized spacial score (nSPS) is 11.0. The summed E-state index contributed by atoms with van der Waals surface area (Å²) in [5.74, 6) is 0. The summed E-state index contributed by atoms with van der Waals surface area (Å²) in [5.41, 5.74) is 1.46. The third kappa shape index (κ3) is 17.5. The zero-order valence-electron chi connectivity index (χ0n) is 19.2. The van der Waals surface area contributed by atoms with Crippen LogP contribution in [-0.4, -0.2) is 25.1 Å². The van der Waals surface area contributed by atoms with Crippen LogP contribution in [0.15, 0.2) is 30.3 Å². The number of unbranched alkanes of at least 4 members (excludes halogenated alkanes) is 13. The standard InChI is InChI=1S/C25H46N.ClH.H3N/c1-4-5-6-7-8-9-10-11-12-13-14-15-16-20-23-26(2,3)24-25-21-18-17-19-22-25;;/h17-19,21-22H,4-16,20,23-24H2,1-3H3;1H;1H3/q+1;;/p-1. The fourth-order valence-corrected chi connectivity index (χ4v) is 3.89. The second-order valence-corrected chi connectivity index (χ2v) is 8.90. The molecule has 0 atom stereocenters. The maximum atomic E-state index is 2.37. The van der Waals surface area contributed by atoms with Gasteiger partial charge in [0.05, 0.1) is 20.6 Å². The van der Waals surface area contributed by atoms with E-state index in [1.807, 2.05) is 0 Å². The molecule has 0 amide bonds. The Hall–Kier alpha value is -0.570. The predicted molar refractivity (Wildman–Crippen MR) is 122 cm³/mol. The fourth-order valence-electron chi connectivity index (χ4n) is 3.89. The zero-order chi connectivity index (χ0) is 18.9. The van der Waals surface area contributed by atoms with E-state index in [-0.39, 0.29) is 18.6 Å². The molecule has 0 radical (unpaired) electrons. The molecule has 0 aliphatic rings. The molecule has 0 unspecified atom stereocenters. The van der Waals surface area contributed by atoms with Crippen molar-refractivity contribution in [3.05, 3.63) is 35.9 Å². The van der Waals surface area contributed by atoms with Crippen LogP contribution in [0.25, 0.3) is 0 Å². The van der Waals surface area contributed by atoms with E-state index in [0.717, 1.165) is 11.0 Å². The van der Waals surface area contributed by atoms with Crippen molar-refractivity contribution in [2.24, 2.45) is 0 Å². The summed E-state index contributed by atoms with van der Waals surface area (Å²) in [6.07, 6.45) is 20.2. The van der Waals surface area contributed by atoms with Gasteiger partial charge in [0.15, 0.2) is 0 Å². The highest BCUT2D eigenvalue weighted by Crippen LogP contribution is 2.14. The van der Waals surface area contributed by atoms with E-state index in [1.54, 1.807) is 0 Å². The van der Waals surface area contributed by atoms with Crippen LogP contribution >= 0.6 is 0 Å². The van der Waals surface area contributed by atoms with Gasteiger partial charge in [-0.2, -0.15) is 0 Å². The highest BCUT2D eigenvalue weighted by Gasteiger charge is 2.14. The largest absolute Gasteiger partial charge is 1.00 e. The van der Waals surface area contributed by atoms with Gasteiger partial charge in [-0.05, 0) is 12.8 Å². The summed E-state index contributed by atoms with van der Waals surface area (Å²) in [7, 11) is 4.74. The molecule has 0 bridgehead atoms. The average Bonchev–Trinajstić information content (AvgIpc) is 2.62. The molecule has 0 aromatic heterocycles. The first kappa shape index (κ1) is 29.6. The van der Waals surface area contributed by atoms with E-state index in [1.165, 1.54) is 102 Å². The number of hydrogen-bond donors (Lipinski definition) is 1. The molecule has 0 saturated heterocycles. The fraction of sp³-hybridized carbons (Fsp3) is 0.760. The highest BCUT2D eigenvalue weighted by atomic mass is 35.5. The Morgan fingerprint density at radius 2 is 1.00 bits per heavy atom. The quantitative estimate of drug-likeness (QED) is 0.286. The van der Waals surface area contributed by atoms with Crippen LogP contribution in [0.4, 0.5) is 0 Å². The van der Waals surface area contributed by atoms with E-state index < -0.39 is 0 Å². The molecular weight excluding hydrogens is 364 g/mol. The average molecular weight is 413 g/mol. The van der Waals surface area contributed by atoms with Crippen molar-refractivity contribution < 1.29 is 16.9 Å². The Labute approximate surface area is 183 Å². The van der Waals surface area contributed by atoms with Crippen molar-refractivity contribution >= 4 is 0 Å². The molecule has 1 aromatic rings. The summed E-state index contributed by atoms with van der Waals surface area (Å²) in [6.45, 7) is 4.75. The third-order valence-corrected chi connectivity index (χ3v) is 5.57.